The average molecular weight is 369 g/mol. The zero-order valence-corrected chi connectivity index (χ0v) is 16.5. The monoisotopic (exact) mass is 369 g/mol. The van der Waals surface area contributed by atoms with Crippen molar-refractivity contribution in [3.8, 4) is 0 Å². The molecule has 4 rings (SSSR count). The number of carbonyl (C=O) groups is 1. The maximum absolute atomic E-state index is 12.4. The molecular formula is C21H29N4O2+. The zero-order valence-electron chi connectivity index (χ0n) is 16.5. The number of hydrogen-bond donors (Lipinski definition) is 1. The molecule has 144 valence electrons. The quantitative estimate of drug-likeness (QED) is 0.826. The van der Waals surface area contributed by atoms with Crippen LogP contribution in [0.5, 0.6) is 0 Å². The first kappa shape index (κ1) is 18.2. The molecule has 1 aromatic carbocycles. The molecule has 2 aliphatic heterocycles. The lowest BCUT2D eigenvalue weighted by molar-refractivity contribution is -0.00237. The lowest BCUT2D eigenvalue weighted by Crippen LogP contribution is -2.61. The number of oxazole rings is 1. The molecule has 2 aliphatic rings. The third kappa shape index (κ3) is 3.28. The number of carbonyl (C=O) groups excluding carboxylic acids is 1. The zero-order chi connectivity index (χ0) is 19.0. The summed E-state index contributed by atoms with van der Waals surface area (Å²) in [4.78, 5) is 16.5. The second-order valence-corrected chi connectivity index (χ2v) is 7.94. The van der Waals surface area contributed by atoms with Gasteiger partial charge in [-0.3, -0.25) is 4.79 Å². The van der Waals surface area contributed by atoms with Crippen LogP contribution in [-0.2, 0) is 0 Å². The predicted molar refractivity (Wildman–Crippen MR) is 107 cm³/mol. The van der Waals surface area contributed by atoms with Gasteiger partial charge in [-0.25, -0.2) is 9.58 Å². The molecule has 2 fully saturated rings. The number of nitrogens with one attached hydrogen (secondary N) is 1. The number of aryl methyl sites for hydroxylation is 2. The van der Waals surface area contributed by atoms with Gasteiger partial charge in [0.05, 0.1) is 6.04 Å². The van der Waals surface area contributed by atoms with Crippen LogP contribution >= 0.6 is 0 Å². The van der Waals surface area contributed by atoms with E-state index >= 15 is 0 Å². The number of quaternary nitrogens is 1. The summed E-state index contributed by atoms with van der Waals surface area (Å²) < 4.78 is 6.11. The van der Waals surface area contributed by atoms with Crippen molar-refractivity contribution in [2.45, 2.75) is 52.5 Å². The minimum atomic E-state index is -0.235. The van der Waals surface area contributed by atoms with Crippen molar-refractivity contribution < 1.29 is 9.21 Å². The van der Waals surface area contributed by atoms with Crippen molar-refractivity contribution >= 4 is 17.3 Å². The highest BCUT2D eigenvalue weighted by Crippen LogP contribution is 2.38. The predicted octanol–water partition coefficient (Wildman–Crippen LogP) is 4.04. The second-order valence-electron chi connectivity index (χ2n) is 7.94. The van der Waals surface area contributed by atoms with Gasteiger partial charge in [0.25, 0.3) is 5.91 Å². The second kappa shape index (κ2) is 7.09. The summed E-state index contributed by atoms with van der Waals surface area (Å²) in [6.07, 6.45) is 6.50. The molecule has 2 saturated heterocycles. The summed E-state index contributed by atoms with van der Waals surface area (Å²) >= 11 is 0. The van der Waals surface area contributed by atoms with Gasteiger partial charge in [0, 0.05) is 44.1 Å². The Morgan fingerprint density at radius 2 is 2.04 bits per heavy atom. The average Bonchev–Trinajstić information content (AvgIpc) is 3.37. The van der Waals surface area contributed by atoms with Gasteiger partial charge in [0.1, 0.15) is 19.4 Å². The molecule has 0 saturated carbocycles. The van der Waals surface area contributed by atoms with E-state index in [0.717, 1.165) is 15.8 Å². The highest BCUT2D eigenvalue weighted by atomic mass is 16.3. The lowest BCUT2D eigenvalue weighted by Gasteiger charge is -2.43. The van der Waals surface area contributed by atoms with Crippen LogP contribution in [0.25, 0.3) is 0 Å². The normalized spacial score (nSPS) is 22.3. The molecular weight excluding hydrogens is 340 g/mol. The lowest BCUT2D eigenvalue weighted by atomic mass is 10.1. The van der Waals surface area contributed by atoms with E-state index in [1.54, 1.807) is 6.92 Å². The summed E-state index contributed by atoms with van der Waals surface area (Å²) in [6, 6.07) is 7.10. The fourth-order valence-corrected chi connectivity index (χ4v) is 4.71. The SMILES string of the molecule is Cc1nc(C(=O)Nc2ccc([N+]3(N4CCC[C@@H]4C)CCCC3)cc2C)co1. The Morgan fingerprint density at radius 1 is 1.26 bits per heavy atom. The molecule has 0 unspecified atom stereocenters. The number of hydrogen-bond acceptors (Lipinski definition) is 4. The number of benzene rings is 1. The summed E-state index contributed by atoms with van der Waals surface area (Å²) in [5, 5.41) is 5.65. The third-order valence-electron chi connectivity index (χ3n) is 6.11. The molecule has 6 heteroatoms. The number of amides is 1. The molecule has 3 heterocycles. The first-order valence-corrected chi connectivity index (χ1v) is 9.98. The van der Waals surface area contributed by atoms with Crippen molar-refractivity contribution in [2.24, 2.45) is 0 Å². The summed E-state index contributed by atoms with van der Waals surface area (Å²) in [6.45, 7) is 9.67. The Balaban J connectivity index is 1.59. The van der Waals surface area contributed by atoms with Gasteiger partial charge >= 0.3 is 0 Å². The van der Waals surface area contributed by atoms with Gasteiger partial charge in [-0.2, -0.15) is 0 Å². The van der Waals surface area contributed by atoms with Crippen LogP contribution in [-0.4, -0.2) is 41.6 Å². The first-order valence-electron chi connectivity index (χ1n) is 9.98. The van der Waals surface area contributed by atoms with Gasteiger partial charge in [0.15, 0.2) is 17.3 Å². The Kier molecular flexibility index (Phi) is 4.78. The van der Waals surface area contributed by atoms with E-state index in [0.29, 0.717) is 17.6 Å². The summed E-state index contributed by atoms with van der Waals surface area (Å²) in [5.41, 5.74) is 3.56. The molecule has 1 amide bonds. The van der Waals surface area contributed by atoms with Crippen molar-refractivity contribution in [2.75, 3.05) is 25.0 Å². The smallest absolute Gasteiger partial charge is 0.277 e. The summed E-state index contributed by atoms with van der Waals surface area (Å²) in [7, 11) is 0. The molecule has 1 aromatic heterocycles. The maximum atomic E-state index is 12.4. The van der Waals surface area contributed by atoms with Crippen molar-refractivity contribution in [3.05, 3.63) is 41.6 Å². The van der Waals surface area contributed by atoms with Gasteiger partial charge in [-0.15, -0.1) is 5.01 Å². The van der Waals surface area contributed by atoms with Crippen molar-refractivity contribution in [3.63, 3.8) is 0 Å². The Morgan fingerprint density at radius 3 is 2.63 bits per heavy atom. The minimum absolute atomic E-state index is 0.235. The molecule has 1 atom stereocenters. The Bertz CT molecular complexity index is 838. The fourth-order valence-electron chi connectivity index (χ4n) is 4.71. The third-order valence-corrected chi connectivity index (χ3v) is 6.11. The maximum Gasteiger partial charge on any atom is 0.277 e. The fraction of sp³-hybridized carbons (Fsp3) is 0.524. The highest BCUT2D eigenvalue weighted by molar-refractivity contribution is 6.03. The van der Waals surface area contributed by atoms with Crippen molar-refractivity contribution in [1.29, 1.82) is 0 Å². The van der Waals surface area contributed by atoms with E-state index in [1.165, 1.54) is 57.3 Å². The van der Waals surface area contributed by atoms with Crippen LogP contribution in [0.2, 0.25) is 0 Å². The van der Waals surface area contributed by atoms with Crippen LogP contribution < -0.4 is 9.91 Å². The van der Waals surface area contributed by atoms with Crippen LogP contribution in [0.15, 0.2) is 28.9 Å². The standard InChI is InChI=1S/C21H28N4O2/c1-15-13-18(25(11-4-5-12-25)24-10-6-7-16(24)2)8-9-19(15)23-21(26)20-14-27-17(3)22-20/h8-9,13-14,16H,4-7,10-12H2,1-3H3/p+1/t16-/m0/s1. The van der Waals surface area contributed by atoms with Crippen LogP contribution in [0, 0.1) is 13.8 Å². The molecule has 0 radical (unpaired) electrons. The highest BCUT2D eigenvalue weighted by Gasteiger charge is 2.45. The summed E-state index contributed by atoms with van der Waals surface area (Å²) in [5.74, 6) is 0.258. The molecule has 0 spiro atoms. The van der Waals surface area contributed by atoms with E-state index in [1.807, 2.05) is 6.07 Å². The van der Waals surface area contributed by atoms with Gasteiger partial charge in [-0.1, -0.05) is 0 Å². The largest absolute Gasteiger partial charge is 0.448 e. The number of aromatic nitrogens is 1. The van der Waals surface area contributed by atoms with Crippen molar-refractivity contribution in [1.82, 2.24) is 14.6 Å². The number of rotatable bonds is 4. The molecule has 0 bridgehead atoms. The van der Waals surface area contributed by atoms with E-state index in [2.05, 4.69) is 41.3 Å². The van der Waals surface area contributed by atoms with E-state index in [4.69, 9.17) is 4.42 Å². The molecule has 6 nitrogen and oxygen atoms in total. The Labute approximate surface area is 160 Å². The minimum Gasteiger partial charge on any atom is -0.448 e. The molecule has 1 N–H and O–H groups in total. The van der Waals surface area contributed by atoms with Gasteiger partial charge < -0.3 is 9.73 Å². The van der Waals surface area contributed by atoms with E-state index in [-0.39, 0.29) is 5.91 Å². The van der Waals surface area contributed by atoms with Crippen LogP contribution in [0.1, 0.15) is 54.5 Å². The molecule has 0 aliphatic carbocycles. The Hall–Kier alpha value is -2.18. The number of nitrogens with zero attached hydrogens (tertiary/aromatic N) is 3. The first-order chi connectivity index (χ1) is 13.0. The van der Waals surface area contributed by atoms with E-state index in [9.17, 15) is 4.79 Å². The van der Waals surface area contributed by atoms with E-state index < -0.39 is 0 Å². The van der Waals surface area contributed by atoms with Crippen LogP contribution in [0.4, 0.5) is 11.4 Å². The van der Waals surface area contributed by atoms with Gasteiger partial charge in [0.2, 0.25) is 0 Å². The number of anilines is 1. The topological polar surface area (TPSA) is 58.4 Å². The van der Waals surface area contributed by atoms with Gasteiger partial charge in [-0.05, 0) is 38.3 Å². The molecule has 27 heavy (non-hydrogen) atoms. The van der Waals surface area contributed by atoms with Crippen LogP contribution in [0.3, 0.4) is 0 Å². The molecule has 2 aromatic rings.